The molecule has 5 nitrogen and oxygen atoms in total. The van der Waals surface area contributed by atoms with E-state index in [-0.39, 0.29) is 41.6 Å². The summed E-state index contributed by atoms with van der Waals surface area (Å²) < 4.78 is 4.67. The number of carbonyl (C=O) groups excluding carboxylic acids is 2. The van der Waals surface area contributed by atoms with E-state index in [1.807, 2.05) is 0 Å². The Hall–Kier alpha value is -0.360. The minimum atomic E-state index is -1.19. The van der Waals surface area contributed by atoms with Crippen molar-refractivity contribution in [2.24, 2.45) is 5.92 Å². The van der Waals surface area contributed by atoms with Gasteiger partial charge in [0.15, 0.2) is 11.6 Å². The first-order valence-electron chi connectivity index (χ1n) is 9.73. The third-order valence-electron chi connectivity index (χ3n) is 4.62. The van der Waals surface area contributed by atoms with Gasteiger partial charge in [-0.15, -0.1) is 0 Å². The number of hydrogen-bond donors (Lipinski definition) is 1. The van der Waals surface area contributed by atoms with Crippen LogP contribution in [0.1, 0.15) is 84.5 Å². The van der Waals surface area contributed by atoms with Crippen LogP contribution in [-0.2, 0) is 14.3 Å². The molecule has 1 heterocycles. The summed E-state index contributed by atoms with van der Waals surface area (Å²) in [5, 5.41) is 20.4. The molecule has 0 saturated carbocycles. The van der Waals surface area contributed by atoms with E-state index in [0.29, 0.717) is 6.42 Å². The fraction of sp³-hybridized carbons (Fsp3) is 0.800. The fourth-order valence-corrected chi connectivity index (χ4v) is 3.08. The number of aliphatic hydroxyl groups excluding tert-OH is 1. The zero-order chi connectivity index (χ0) is 18.7. The normalized spacial score (nSPS) is 16.8. The van der Waals surface area contributed by atoms with Crippen LogP contribution in [0.3, 0.4) is 0 Å². The number of hydrogen-bond acceptors (Lipinski definition) is 5. The van der Waals surface area contributed by atoms with Crippen LogP contribution in [0.2, 0.25) is 0 Å². The topological polar surface area (TPSA) is 86.7 Å². The Morgan fingerprint density at radius 2 is 1.54 bits per heavy atom. The molecule has 0 aromatic heterocycles. The Labute approximate surface area is 179 Å². The van der Waals surface area contributed by atoms with E-state index in [1.54, 1.807) is 0 Å². The molecule has 1 unspecified atom stereocenters. The molecule has 0 aliphatic carbocycles. The second-order valence-corrected chi connectivity index (χ2v) is 7.35. The quantitative estimate of drug-likeness (QED) is 0.263. The third-order valence-corrected chi connectivity index (χ3v) is 4.62. The summed E-state index contributed by atoms with van der Waals surface area (Å²) in [7, 11) is 0. The summed E-state index contributed by atoms with van der Waals surface area (Å²) in [5.74, 6) is -1.20. The van der Waals surface area contributed by atoms with Crippen LogP contribution in [-0.4, -0.2) is 29.4 Å². The van der Waals surface area contributed by atoms with E-state index in [1.165, 1.54) is 44.9 Å². The van der Waals surface area contributed by atoms with Crippen LogP contribution >= 0.6 is 0 Å². The van der Waals surface area contributed by atoms with Crippen LogP contribution in [0.4, 0.5) is 0 Å². The Balaban J connectivity index is 0.00000625. The molecule has 0 spiro atoms. The molecule has 1 aliphatic heterocycles. The molecule has 6 heteroatoms. The van der Waals surface area contributed by atoms with Crippen molar-refractivity contribution in [3.8, 4) is 0 Å². The van der Waals surface area contributed by atoms with Crippen molar-refractivity contribution in [1.82, 2.24) is 0 Å². The van der Waals surface area contributed by atoms with Crippen LogP contribution < -0.4 is 34.7 Å². The standard InChI is InChI=1S/C20H34O5.Na/c1-15(2)12-10-8-6-4-3-5-7-9-11-13-16(22)18-19(23)17(14-21)25-20(18)24;/h15,17,21,24H,3-14H2,1-2H3;/q;+1/p-1. The fourth-order valence-electron chi connectivity index (χ4n) is 3.08. The molecule has 0 fully saturated rings. The average molecular weight is 376 g/mol. The summed E-state index contributed by atoms with van der Waals surface area (Å²) in [6, 6.07) is 0. The van der Waals surface area contributed by atoms with E-state index in [2.05, 4.69) is 18.6 Å². The van der Waals surface area contributed by atoms with Gasteiger partial charge in [-0.1, -0.05) is 71.6 Å². The first-order chi connectivity index (χ1) is 12.0. The van der Waals surface area contributed by atoms with Gasteiger partial charge in [0.05, 0.1) is 24.2 Å². The van der Waals surface area contributed by atoms with Crippen LogP contribution in [0.25, 0.3) is 0 Å². The first-order valence-corrected chi connectivity index (χ1v) is 9.73. The van der Waals surface area contributed by atoms with E-state index in [9.17, 15) is 14.7 Å². The van der Waals surface area contributed by atoms with Gasteiger partial charge in [-0.3, -0.25) is 9.59 Å². The number of aliphatic hydroxyl groups is 1. The maximum atomic E-state index is 12.0. The molecule has 0 aromatic rings. The second-order valence-electron chi connectivity index (χ2n) is 7.35. The van der Waals surface area contributed by atoms with Gasteiger partial charge in [0.25, 0.3) is 0 Å². The van der Waals surface area contributed by atoms with Crippen molar-refractivity contribution in [3.05, 3.63) is 11.5 Å². The van der Waals surface area contributed by atoms with Crippen molar-refractivity contribution >= 4 is 11.6 Å². The SMILES string of the molecule is CC(C)CCCCCCCCCCCC(=O)C1=C([O-])OC(CO)C1=O.[Na+]. The third kappa shape index (κ3) is 9.54. The van der Waals surface area contributed by atoms with E-state index in [4.69, 9.17) is 5.11 Å². The predicted molar refractivity (Wildman–Crippen MR) is 94.6 cm³/mol. The number of Topliss-reactive ketones (excluding diaryl/α,β-unsaturated/α-hetero) is 2. The second kappa shape index (κ2) is 14.7. The molecule has 0 amide bonds. The molecular weight excluding hydrogens is 343 g/mol. The van der Waals surface area contributed by atoms with Crippen molar-refractivity contribution in [1.29, 1.82) is 0 Å². The maximum absolute atomic E-state index is 12.0. The average Bonchev–Trinajstić information content (AvgIpc) is 2.86. The van der Waals surface area contributed by atoms with Crippen molar-refractivity contribution in [2.75, 3.05) is 6.61 Å². The van der Waals surface area contributed by atoms with E-state index < -0.39 is 30.2 Å². The number of rotatable bonds is 14. The van der Waals surface area contributed by atoms with Gasteiger partial charge in [0.2, 0.25) is 0 Å². The van der Waals surface area contributed by atoms with Crippen molar-refractivity contribution < 1.29 is 54.1 Å². The smallest absolute Gasteiger partial charge is 0.599 e. The van der Waals surface area contributed by atoms with Crippen LogP contribution in [0.5, 0.6) is 0 Å². The summed E-state index contributed by atoms with van der Waals surface area (Å²) in [6.07, 6.45) is 10.7. The zero-order valence-corrected chi connectivity index (χ0v) is 18.7. The van der Waals surface area contributed by atoms with Crippen LogP contribution in [0, 0.1) is 5.92 Å². The van der Waals surface area contributed by atoms with Gasteiger partial charge in [0.1, 0.15) is 0 Å². The maximum Gasteiger partial charge on any atom is 1.00 e. The first kappa shape index (κ1) is 25.6. The van der Waals surface area contributed by atoms with E-state index >= 15 is 0 Å². The minimum Gasteiger partial charge on any atom is -0.599 e. The molecule has 144 valence electrons. The zero-order valence-electron chi connectivity index (χ0n) is 16.7. The Morgan fingerprint density at radius 3 is 2.00 bits per heavy atom. The molecule has 26 heavy (non-hydrogen) atoms. The van der Waals surface area contributed by atoms with Crippen molar-refractivity contribution in [2.45, 2.75) is 90.6 Å². The van der Waals surface area contributed by atoms with Gasteiger partial charge in [-0.25, -0.2) is 0 Å². The van der Waals surface area contributed by atoms with Gasteiger partial charge in [-0.05, 0) is 12.3 Å². The Morgan fingerprint density at radius 1 is 1.04 bits per heavy atom. The Kier molecular flexibility index (Phi) is 14.5. The van der Waals surface area contributed by atoms with Gasteiger partial charge in [-0.2, -0.15) is 0 Å². The summed E-state index contributed by atoms with van der Waals surface area (Å²) in [5.41, 5.74) is -0.388. The number of ketones is 2. The molecule has 0 saturated heterocycles. The molecule has 0 bridgehead atoms. The summed E-state index contributed by atoms with van der Waals surface area (Å²) >= 11 is 0. The Bertz CT molecular complexity index is 459. The molecule has 1 aliphatic rings. The van der Waals surface area contributed by atoms with Crippen LogP contribution in [0.15, 0.2) is 11.5 Å². The predicted octanol–water partition coefficient (Wildman–Crippen LogP) is 0.0387. The summed E-state index contributed by atoms with van der Waals surface area (Å²) in [4.78, 5) is 23.7. The molecule has 0 radical (unpaired) electrons. The summed E-state index contributed by atoms with van der Waals surface area (Å²) in [6.45, 7) is 3.96. The number of unbranched alkanes of at least 4 members (excludes halogenated alkanes) is 8. The van der Waals surface area contributed by atoms with Gasteiger partial charge in [0, 0.05) is 6.42 Å². The monoisotopic (exact) mass is 376 g/mol. The number of carbonyl (C=O) groups is 2. The van der Waals surface area contributed by atoms with Gasteiger partial charge >= 0.3 is 29.6 Å². The minimum absolute atomic E-state index is 0. The van der Waals surface area contributed by atoms with Crippen molar-refractivity contribution in [3.63, 3.8) is 0 Å². The van der Waals surface area contributed by atoms with Gasteiger partial charge < -0.3 is 14.9 Å². The molecule has 1 atom stereocenters. The molecule has 1 rings (SSSR count). The molecular formula is C20H33NaO5. The largest absolute Gasteiger partial charge is 1.00 e. The van der Waals surface area contributed by atoms with E-state index in [0.717, 1.165) is 18.8 Å². The molecule has 1 N–H and O–H groups in total. The molecule has 0 aromatic carbocycles. The number of ether oxygens (including phenoxy) is 1.